The Hall–Kier alpha value is -3.05. The van der Waals surface area contributed by atoms with Crippen molar-refractivity contribution in [3.8, 4) is 0 Å². The Morgan fingerprint density at radius 2 is 2.00 bits per heavy atom. The molecule has 4 rings (SSSR count). The van der Waals surface area contributed by atoms with E-state index in [1.807, 2.05) is 0 Å². The molecule has 0 saturated heterocycles. The number of benzene rings is 1. The molecule has 2 amide bonds. The summed E-state index contributed by atoms with van der Waals surface area (Å²) in [5.41, 5.74) is -0.734. The minimum Gasteiger partial charge on any atom is -0.306 e. The van der Waals surface area contributed by atoms with E-state index in [2.05, 4.69) is 15.4 Å². The second kappa shape index (κ2) is 8.83. The lowest BCUT2D eigenvalue weighted by Gasteiger charge is -2.32. The van der Waals surface area contributed by atoms with Crippen molar-refractivity contribution in [2.75, 3.05) is 16.8 Å². The first-order valence-electron chi connectivity index (χ1n) is 9.15. The summed E-state index contributed by atoms with van der Waals surface area (Å²) in [7, 11) is 0. The summed E-state index contributed by atoms with van der Waals surface area (Å²) >= 11 is 5.82. The van der Waals surface area contributed by atoms with Gasteiger partial charge in [-0.25, -0.2) is 4.98 Å². The predicted octanol–water partition coefficient (Wildman–Crippen LogP) is 4.54. The molecule has 1 N–H and O–H groups in total. The molecular formula is C20H17ClF3N5O2S. The molecule has 0 fully saturated rings. The van der Waals surface area contributed by atoms with Gasteiger partial charge in [-0.3, -0.25) is 14.3 Å². The van der Waals surface area contributed by atoms with E-state index in [1.165, 1.54) is 28.0 Å². The number of hydrogen-bond donors (Lipinski definition) is 1. The predicted molar refractivity (Wildman–Crippen MR) is 118 cm³/mol. The molecule has 0 bridgehead atoms. The Morgan fingerprint density at radius 1 is 1.25 bits per heavy atom. The molecule has 0 aliphatic carbocycles. The van der Waals surface area contributed by atoms with Crippen LogP contribution in [0, 0.1) is 0 Å². The first-order chi connectivity index (χ1) is 14.7. The van der Waals surface area contributed by atoms with Gasteiger partial charge in [-0.2, -0.15) is 31.8 Å². The molecule has 2 aromatic heterocycles. The van der Waals surface area contributed by atoms with Gasteiger partial charge in [0.15, 0.2) is 0 Å². The highest BCUT2D eigenvalue weighted by molar-refractivity contribution is 7.59. The molecule has 1 atom stereocenters. The van der Waals surface area contributed by atoms with Gasteiger partial charge < -0.3 is 10.2 Å². The summed E-state index contributed by atoms with van der Waals surface area (Å²) in [5, 5.41) is 6.24. The number of carbonyl (C=O) groups excluding carboxylic acids is 2. The lowest BCUT2D eigenvalue weighted by Crippen LogP contribution is -2.43. The number of halogens is 4. The molecule has 3 heterocycles. The number of alkyl halides is 3. The molecule has 0 radical (unpaired) electrons. The van der Waals surface area contributed by atoms with Crippen LogP contribution >= 0.6 is 25.1 Å². The Morgan fingerprint density at radius 3 is 2.62 bits per heavy atom. The van der Waals surface area contributed by atoms with Gasteiger partial charge in [0.25, 0.3) is 11.8 Å². The van der Waals surface area contributed by atoms with Crippen LogP contribution in [0.5, 0.6) is 0 Å². The molecule has 0 unspecified atom stereocenters. The van der Waals surface area contributed by atoms with Crippen LogP contribution in [0.3, 0.4) is 0 Å². The van der Waals surface area contributed by atoms with Crippen LogP contribution in [-0.4, -0.2) is 33.1 Å². The van der Waals surface area contributed by atoms with Crippen molar-refractivity contribution < 1.29 is 22.8 Å². The lowest BCUT2D eigenvalue weighted by molar-refractivity contribution is -0.137. The second-order valence-corrected chi connectivity index (χ2v) is 7.35. The first kappa shape index (κ1) is 23.6. The highest BCUT2D eigenvalue weighted by Gasteiger charge is 2.37. The first-order valence-corrected chi connectivity index (χ1v) is 9.53. The zero-order chi connectivity index (χ0) is 22.3. The number of anilines is 2. The summed E-state index contributed by atoms with van der Waals surface area (Å²) < 4.78 is 40.5. The largest absolute Gasteiger partial charge is 0.417 e. The van der Waals surface area contributed by atoms with Gasteiger partial charge in [0.1, 0.15) is 11.5 Å². The maximum Gasteiger partial charge on any atom is 0.417 e. The number of fused-ring (bicyclic) bond motifs is 1. The molecule has 1 aliphatic heterocycles. The molecule has 0 spiro atoms. The molecule has 168 valence electrons. The van der Waals surface area contributed by atoms with E-state index < -0.39 is 28.6 Å². The van der Waals surface area contributed by atoms with E-state index in [-0.39, 0.29) is 43.0 Å². The average molecular weight is 484 g/mol. The normalized spacial score (nSPS) is 15.7. The number of pyridine rings is 1. The third-order valence-corrected chi connectivity index (χ3v) is 5.14. The van der Waals surface area contributed by atoms with Crippen molar-refractivity contribution in [3.63, 3.8) is 0 Å². The van der Waals surface area contributed by atoms with Gasteiger partial charge >= 0.3 is 6.18 Å². The fourth-order valence-corrected chi connectivity index (χ4v) is 3.65. The SMILES string of the molecule is C[C@H]1CN(c2ccc(C(F)(F)F)c(Cl)c2)C(=O)c2c(C(=O)Nc3ccccn3)cnn21.S. The van der Waals surface area contributed by atoms with Crippen molar-refractivity contribution in [3.05, 3.63) is 70.6 Å². The van der Waals surface area contributed by atoms with Crippen molar-refractivity contribution in [2.45, 2.75) is 19.1 Å². The van der Waals surface area contributed by atoms with Gasteiger partial charge in [-0.15, -0.1) is 0 Å². The van der Waals surface area contributed by atoms with Gasteiger partial charge in [0, 0.05) is 18.4 Å². The minimum atomic E-state index is -4.61. The average Bonchev–Trinajstić information content (AvgIpc) is 3.17. The summed E-state index contributed by atoms with van der Waals surface area (Å²) in [6.45, 7) is 1.93. The second-order valence-electron chi connectivity index (χ2n) is 6.95. The van der Waals surface area contributed by atoms with Crippen LogP contribution in [0.25, 0.3) is 0 Å². The maximum atomic E-state index is 13.2. The Labute approximate surface area is 192 Å². The number of aromatic nitrogens is 3. The van der Waals surface area contributed by atoms with E-state index in [0.717, 1.165) is 12.1 Å². The fourth-order valence-electron chi connectivity index (χ4n) is 3.37. The van der Waals surface area contributed by atoms with Gasteiger partial charge in [0.05, 0.1) is 28.4 Å². The lowest BCUT2D eigenvalue weighted by atomic mass is 10.1. The molecule has 7 nitrogen and oxygen atoms in total. The number of rotatable bonds is 3. The molecular weight excluding hydrogens is 467 g/mol. The Balaban J connectivity index is 0.00000289. The van der Waals surface area contributed by atoms with Crippen molar-refractivity contribution >= 4 is 48.4 Å². The molecule has 32 heavy (non-hydrogen) atoms. The zero-order valence-corrected chi connectivity index (χ0v) is 18.3. The smallest absolute Gasteiger partial charge is 0.306 e. The molecule has 1 aliphatic rings. The number of carbonyl (C=O) groups is 2. The van der Waals surface area contributed by atoms with Crippen LogP contribution < -0.4 is 10.2 Å². The highest BCUT2D eigenvalue weighted by Crippen LogP contribution is 2.37. The Kier molecular flexibility index (Phi) is 6.51. The molecule has 3 aromatic rings. The van der Waals surface area contributed by atoms with E-state index in [4.69, 9.17) is 11.6 Å². The van der Waals surface area contributed by atoms with Crippen molar-refractivity contribution in [1.82, 2.24) is 14.8 Å². The van der Waals surface area contributed by atoms with Crippen molar-refractivity contribution in [2.24, 2.45) is 0 Å². The quantitative estimate of drug-likeness (QED) is 0.593. The number of amides is 2. The van der Waals surface area contributed by atoms with Crippen LogP contribution in [-0.2, 0) is 6.18 Å². The van der Waals surface area contributed by atoms with Crippen LogP contribution in [0.1, 0.15) is 39.4 Å². The third-order valence-electron chi connectivity index (χ3n) is 4.83. The maximum absolute atomic E-state index is 13.2. The monoisotopic (exact) mass is 483 g/mol. The van der Waals surface area contributed by atoms with Crippen molar-refractivity contribution in [1.29, 1.82) is 0 Å². The summed E-state index contributed by atoms with van der Waals surface area (Å²) in [6.07, 6.45) is -1.82. The zero-order valence-electron chi connectivity index (χ0n) is 16.5. The number of nitrogens with zero attached hydrogens (tertiary/aromatic N) is 4. The van der Waals surface area contributed by atoms with E-state index in [0.29, 0.717) is 5.82 Å². The van der Waals surface area contributed by atoms with Crippen LogP contribution in [0.2, 0.25) is 5.02 Å². The molecule has 12 heteroatoms. The Bertz CT molecular complexity index is 1170. The number of nitrogens with one attached hydrogen (secondary N) is 1. The standard InChI is InChI=1S/C20H15ClF3N5O2.H2S/c1-11-10-28(12-5-6-14(15(21)8-12)20(22,23)24)19(31)17-13(9-26-29(11)17)18(30)27-16-4-2-3-7-25-16;/h2-9,11H,10H2,1H3,(H,25,27,30);1H2/t11-;/m0./s1. The van der Waals surface area contributed by atoms with Gasteiger partial charge in [-0.05, 0) is 37.3 Å². The summed E-state index contributed by atoms with van der Waals surface area (Å²) in [5.74, 6) is -0.847. The molecule has 1 aromatic carbocycles. The molecule has 0 saturated carbocycles. The van der Waals surface area contributed by atoms with Gasteiger partial charge in [0.2, 0.25) is 0 Å². The number of hydrogen-bond acceptors (Lipinski definition) is 4. The highest BCUT2D eigenvalue weighted by atomic mass is 35.5. The van der Waals surface area contributed by atoms with Crippen LogP contribution in [0.4, 0.5) is 24.7 Å². The minimum absolute atomic E-state index is 0. The van der Waals surface area contributed by atoms with Gasteiger partial charge in [-0.1, -0.05) is 17.7 Å². The van der Waals surface area contributed by atoms with E-state index >= 15 is 0 Å². The van der Waals surface area contributed by atoms with E-state index in [1.54, 1.807) is 25.1 Å². The third kappa shape index (κ3) is 4.30. The fraction of sp³-hybridized carbons (Fsp3) is 0.200. The van der Waals surface area contributed by atoms with Crippen LogP contribution in [0.15, 0.2) is 48.8 Å². The summed E-state index contributed by atoms with van der Waals surface area (Å²) in [6, 6.07) is 7.75. The summed E-state index contributed by atoms with van der Waals surface area (Å²) in [4.78, 5) is 31.2. The topological polar surface area (TPSA) is 80.1 Å². The van der Waals surface area contributed by atoms with E-state index in [9.17, 15) is 22.8 Å².